The lowest BCUT2D eigenvalue weighted by molar-refractivity contribution is -0.151. The van der Waals surface area contributed by atoms with Gasteiger partial charge in [0, 0.05) is 19.2 Å². The maximum atomic E-state index is 13.3. The van der Waals surface area contributed by atoms with Gasteiger partial charge in [0.25, 0.3) is 5.91 Å². The molecule has 1 aliphatic heterocycles. The Bertz CT molecular complexity index is 557. The van der Waals surface area contributed by atoms with Crippen molar-refractivity contribution < 1.29 is 13.6 Å². The largest absolute Gasteiger partial charge is 0.268 e. The summed E-state index contributed by atoms with van der Waals surface area (Å²) in [5.41, 5.74) is 1.32. The number of halogens is 2. The third-order valence-corrected chi connectivity index (χ3v) is 3.70. The average molecular weight is 280 g/mol. The van der Waals surface area contributed by atoms with Crippen molar-refractivity contribution in [1.82, 2.24) is 10.0 Å². The third kappa shape index (κ3) is 2.58. The van der Waals surface area contributed by atoms with E-state index < -0.39 is 11.6 Å². The first kappa shape index (κ1) is 14.7. The fourth-order valence-electron chi connectivity index (χ4n) is 2.45. The number of benzene rings is 1. The second-order valence-electron chi connectivity index (χ2n) is 4.94. The van der Waals surface area contributed by atoms with E-state index >= 15 is 0 Å². The zero-order valence-electron chi connectivity index (χ0n) is 11.9. The standard InChI is InChI=1S/C15H18F2N2O/c1-4-11-7-8-18(3)19(15(11)20)10(2)12-5-6-13(16)14(17)9-12/h4-6,9-10H,7-8H2,1-3H3. The molecule has 0 radical (unpaired) electrons. The Morgan fingerprint density at radius 1 is 1.30 bits per heavy atom. The van der Waals surface area contributed by atoms with Crippen LogP contribution in [0.4, 0.5) is 8.78 Å². The second-order valence-corrected chi connectivity index (χ2v) is 4.94. The van der Waals surface area contributed by atoms with E-state index in [1.165, 1.54) is 6.07 Å². The summed E-state index contributed by atoms with van der Waals surface area (Å²) >= 11 is 0. The van der Waals surface area contributed by atoms with E-state index in [9.17, 15) is 13.6 Å². The lowest BCUT2D eigenvalue weighted by atomic mass is 10.0. The molecule has 108 valence electrons. The highest BCUT2D eigenvalue weighted by Crippen LogP contribution is 2.28. The fourth-order valence-corrected chi connectivity index (χ4v) is 2.45. The van der Waals surface area contributed by atoms with Gasteiger partial charge in [0.05, 0.1) is 6.04 Å². The lowest BCUT2D eigenvalue weighted by Crippen LogP contribution is -2.50. The zero-order valence-corrected chi connectivity index (χ0v) is 11.9. The van der Waals surface area contributed by atoms with Crippen LogP contribution in [-0.2, 0) is 4.79 Å². The quantitative estimate of drug-likeness (QED) is 0.777. The van der Waals surface area contributed by atoms with Gasteiger partial charge in [0.1, 0.15) is 0 Å². The molecule has 0 spiro atoms. The van der Waals surface area contributed by atoms with Crippen LogP contribution in [0.2, 0.25) is 0 Å². The first-order valence-corrected chi connectivity index (χ1v) is 6.60. The van der Waals surface area contributed by atoms with E-state index in [0.717, 1.165) is 24.3 Å². The molecule has 3 nitrogen and oxygen atoms in total. The molecule has 1 aliphatic rings. The molecule has 1 saturated heterocycles. The maximum Gasteiger partial charge on any atom is 0.264 e. The fraction of sp³-hybridized carbons (Fsp3) is 0.400. The summed E-state index contributed by atoms with van der Waals surface area (Å²) in [6, 6.07) is 3.39. The van der Waals surface area contributed by atoms with Gasteiger partial charge in [0.2, 0.25) is 0 Å². The van der Waals surface area contributed by atoms with E-state index in [-0.39, 0.29) is 11.9 Å². The molecule has 1 aromatic carbocycles. The number of rotatable bonds is 2. The Labute approximate surface area is 117 Å². The minimum Gasteiger partial charge on any atom is -0.268 e. The number of carbonyl (C=O) groups is 1. The number of carbonyl (C=O) groups excluding carboxylic acids is 1. The van der Waals surface area contributed by atoms with Crippen LogP contribution in [0.1, 0.15) is 31.9 Å². The summed E-state index contributed by atoms with van der Waals surface area (Å²) in [5.74, 6) is -1.86. The smallest absolute Gasteiger partial charge is 0.264 e. The van der Waals surface area contributed by atoms with Crippen LogP contribution < -0.4 is 0 Å². The summed E-state index contributed by atoms with van der Waals surface area (Å²) in [6.45, 7) is 4.36. The summed E-state index contributed by atoms with van der Waals surface area (Å²) in [4.78, 5) is 12.4. The summed E-state index contributed by atoms with van der Waals surface area (Å²) < 4.78 is 26.3. The second kappa shape index (κ2) is 5.71. The Hall–Kier alpha value is -1.75. The van der Waals surface area contributed by atoms with Crippen LogP contribution in [0.25, 0.3) is 0 Å². The van der Waals surface area contributed by atoms with Crippen LogP contribution in [0.15, 0.2) is 29.8 Å². The Morgan fingerprint density at radius 2 is 2.00 bits per heavy atom. The average Bonchev–Trinajstić information content (AvgIpc) is 2.42. The van der Waals surface area contributed by atoms with Gasteiger partial charge in [-0.15, -0.1) is 0 Å². The Kier molecular flexibility index (Phi) is 4.18. The van der Waals surface area contributed by atoms with Crippen LogP contribution in [0, 0.1) is 11.6 Å². The zero-order chi connectivity index (χ0) is 14.9. The van der Waals surface area contributed by atoms with Crippen molar-refractivity contribution in [2.24, 2.45) is 0 Å². The van der Waals surface area contributed by atoms with Crippen molar-refractivity contribution in [2.45, 2.75) is 26.3 Å². The van der Waals surface area contributed by atoms with Gasteiger partial charge in [-0.1, -0.05) is 12.1 Å². The summed E-state index contributed by atoms with van der Waals surface area (Å²) in [5, 5.41) is 3.41. The SMILES string of the molecule is CC=C1CCN(C)N(C(C)c2ccc(F)c(F)c2)C1=O. The number of amides is 1. The Morgan fingerprint density at radius 3 is 2.60 bits per heavy atom. The van der Waals surface area contributed by atoms with Crippen molar-refractivity contribution in [3.05, 3.63) is 47.0 Å². The summed E-state index contributed by atoms with van der Waals surface area (Å²) in [6.07, 6.45) is 2.51. The highest BCUT2D eigenvalue weighted by Gasteiger charge is 2.31. The molecule has 1 heterocycles. The molecule has 2 rings (SSSR count). The number of hydrogen-bond donors (Lipinski definition) is 0. The van der Waals surface area contributed by atoms with Gasteiger partial charge >= 0.3 is 0 Å². The van der Waals surface area contributed by atoms with E-state index in [1.807, 2.05) is 19.0 Å². The molecule has 0 saturated carbocycles. The molecule has 1 unspecified atom stereocenters. The van der Waals surface area contributed by atoms with Crippen molar-refractivity contribution in [2.75, 3.05) is 13.6 Å². The molecule has 1 atom stereocenters. The molecular formula is C15H18F2N2O. The molecule has 1 amide bonds. The first-order valence-electron chi connectivity index (χ1n) is 6.60. The van der Waals surface area contributed by atoms with Crippen LogP contribution in [0.3, 0.4) is 0 Å². The molecule has 0 aliphatic carbocycles. The first-order chi connectivity index (χ1) is 9.45. The van der Waals surface area contributed by atoms with Crippen LogP contribution >= 0.6 is 0 Å². The van der Waals surface area contributed by atoms with Gasteiger partial charge in [-0.3, -0.25) is 9.80 Å². The highest BCUT2D eigenvalue weighted by molar-refractivity contribution is 5.94. The number of allylic oxidation sites excluding steroid dienone is 1. The molecule has 20 heavy (non-hydrogen) atoms. The molecule has 0 bridgehead atoms. The Balaban J connectivity index is 2.32. The molecule has 5 heteroatoms. The normalized spacial score (nSPS) is 20.6. The topological polar surface area (TPSA) is 23.6 Å². The lowest BCUT2D eigenvalue weighted by Gasteiger charge is -2.41. The van der Waals surface area contributed by atoms with Gasteiger partial charge in [-0.25, -0.2) is 13.8 Å². The van der Waals surface area contributed by atoms with E-state index in [0.29, 0.717) is 12.0 Å². The number of nitrogens with zero attached hydrogens (tertiary/aromatic N) is 2. The summed E-state index contributed by atoms with van der Waals surface area (Å²) in [7, 11) is 1.82. The minimum absolute atomic E-state index is 0.0847. The maximum absolute atomic E-state index is 13.3. The van der Waals surface area contributed by atoms with Crippen molar-refractivity contribution >= 4 is 5.91 Å². The molecular weight excluding hydrogens is 262 g/mol. The van der Waals surface area contributed by atoms with Gasteiger partial charge in [-0.2, -0.15) is 0 Å². The van der Waals surface area contributed by atoms with Gasteiger partial charge in [0.15, 0.2) is 11.6 Å². The molecule has 1 fully saturated rings. The third-order valence-electron chi connectivity index (χ3n) is 3.70. The van der Waals surface area contributed by atoms with Crippen molar-refractivity contribution in [3.63, 3.8) is 0 Å². The van der Waals surface area contributed by atoms with Crippen LogP contribution in [0.5, 0.6) is 0 Å². The van der Waals surface area contributed by atoms with E-state index in [4.69, 9.17) is 0 Å². The van der Waals surface area contributed by atoms with Crippen LogP contribution in [-0.4, -0.2) is 29.5 Å². The van der Waals surface area contributed by atoms with Crippen molar-refractivity contribution in [3.8, 4) is 0 Å². The highest BCUT2D eigenvalue weighted by atomic mass is 19.2. The van der Waals surface area contributed by atoms with Gasteiger partial charge in [-0.05, 0) is 38.0 Å². The van der Waals surface area contributed by atoms with Gasteiger partial charge < -0.3 is 0 Å². The predicted octanol–water partition coefficient (Wildman–Crippen LogP) is 3.05. The van der Waals surface area contributed by atoms with Crippen molar-refractivity contribution in [1.29, 1.82) is 0 Å². The molecule has 0 N–H and O–H groups in total. The van der Waals surface area contributed by atoms with E-state index in [2.05, 4.69) is 0 Å². The van der Waals surface area contributed by atoms with E-state index in [1.54, 1.807) is 18.0 Å². The molecule has 0 aromatic heterocycles. The predicted molar refractivity (Wildman–Crippen MR) is 72.6 cm³/mol. The number of hydrogen-bond acceptors (Lipinski definition) is 2. The minimum atomic E-state index is -0.896. The monoisotopic (exact) mass is 280 g/mol. The molecule has 1 aromatic rings. The number of hydrazine groups is 1.